The Morgan fingerprint density at radius 1 is 0.818 bits per heavy atom. The van der Waals surface area contributed by atoms with Gasteiger partial charge in [0.2, 0.25) is 18.0 Å². The van der Waals surface area contributed by atoms with E-state index in [-0.39, 0.29) is 12.5 Å². The van der Waals surface area contributed by atoms with E-state index in [1.165, 1.54) is 0 Å². The number of aromatic hydroxyl groups is 1. The standard InChI is InChI=1S/C27H21NO5/c1-28-25(15-4-7-17(30-2)8-5-15)24-18(10-11-21(31-3)27(24)29)19-9-6-16-12-22-23(33-14-32-22)13-20(16)26(19)28/h4-13H,14H2,1-3H3/p+1. The number of ether oxygens (including phenoxy) is 4. The van der Waals surface area contributed by atoms with E-state index in [1.807, 2.05) is 49.5 Å². The van der Waals surface area contributed by atoms with Crippen LogP contribution in [0.15, 0.2) is 60.7 Å². The number of rotatable bonds is 3. The smallest absolute Gasteiger partial charge is 0.231 e. The van der Waals surface area contributed by atoms with Crippen molar-refractivity contribution in [1.82, 2.24) is 0 Å². The first kappa shape index (κ1) is 19.5. The van der Waals surface area contributed by atoms with Gasteiger partial charge in [-0.15, -0.1) is 0 Å². The Morgan fingerprint density at radius 2 is 1.55 bits per heavy atom. The van der Waals surface area contributed by atoms with E-state index < -0.39 is 0 Å². The summed E-state index contributed by atoms with van der Waals surface area (Å²) < 4.78 is 24.2. The minimum atomic E-state index is 0.115. The number of methoxy groups -OCH3 is 2. The van der Waals surface area contributed by atoms with E-state index in [0.717, 1.165) is 61.0 Å². The molecule has 2 heterocycles. The first-order chi connectivity index (χ1) is 16.1. The highest BCUT2D eigenvalue weighted by Crippen LogP contribution is 2.44. The molecule has 0 saturated carbocycles. The summed E-state index contributed by atoms with van der Waals surface area (Å²) in [5.74, 6) is 2.80. The highest BCUT2D eigenvalue weighted by Gasteiger charge is 2.27. The molecule has 1 aliphatic rings. The summed E-state index contributed by atoms with van der Waals surface area (Å²) in [4.78, 5) is 0. The predicted molar refractivity (Wildman–Crippen MR) is 126 cm³/mol. The van der Waals surface area contributed by atoms with Gasteiger partial charge in [-0.25, -0.2) is 0 Å². The Balaban J connectivity index is 1.81. The molecule has 5 aromatic rings. The number of nitrogens with zero attached hydrogens (tertiary/aromatic N) is 1. The summed E-state index contributed by atoms with van der Waals surface area (Å²) in [5.41, 5.74) is 2.86. The van der Waals surface area contributed by atoms with Gasteiger partial charge in [0.05, 0.1) is 25.0 Å². The minimum Gasteiger partial charge on any atom is -0.504 e. The molecule has 0 fully saturated rings. The number of aromatic nitrogens is 1. The van der Waals surface area contributed by atoms with E-state index in [1.54, 1.807) is 20.3 Å². The van der Waals surface area contributed by atoms with Crippen molar-refractivity contribution < 1.29 is 28.6 Å². The maximum atomic E-state index is 11.2. The summed E-state index contributed by atoms with van der Waals surface area (Å²) in [5, 5.41) is 16.0. The van der Waals surface area contributed by atoms with Crippen molar-refractivity contribution in [1.29, 1.82) is 0 Å². The lowest BCUT2D eigenvalue weighted by atomic mass is 9.95. The highest BCUT2D eigenvalue weighted by atomic mass is 16.7. The summed E-state index contributed by atoms with van der Waals surface area (Å²) in [6, 6.07) is 19.9. The molecule has 0 spiro atoms. The third kappa shape index (κ3) is 2.77. The first-order valence-corrected chi connectivity index (χ1v) is 10.6. The Morgan fingerprint density at radius 3 is 2.27 bits per heavy atom. The summed E-state index contributed by atoms with van der Waals surface area (Å²) in [6.45, 7) is 0.226. The average Bonchev–Trinajstić information content (AvgIpc) is 3.30. The van der Waals surface area contributed by atoms with Crippen LogP contribution in [0.3, 0.4) is 0 Å². The third-order valence-electron chi connectivity index (χ3n) is 6.41. The Bertz CT molecular complexity index is 1570. The van der Waals surface area contributed by atoms with E-state index in [4.69, 9.17) is 18.9 Å². The number of phenolic OH excluding ortho intramolecular Hbond substituents is 1. The molecule has 6 heteroatoms. The number of hydrogen-bond acceptors (Lipinski definition) is 5. The van der Waals surface area contributed by atoms with Gasteiger partial charge in [0.25, 0.3) is 0 Å². The second-order valence-corrected chi connectivity index (χ2v) is 8.06. The Hall–Kier alpha value is -4.19. The zero-order valence-electron chi connectivity index (χ0n) is 18.5. The predicted octanol–water partition coefficient (Wildman–Crippen LogP) is 5.09. The van der Waals surface area contributed by atoms with Crippen molar-refractivity contribution in [3.05, 3.63) is 60.7 Å². The lowest BCUT2D eigenvalue weighted by Gasteiger charge is -2.14. The Labute approximate surface area is 190 Å². The molecule has 0 amide bonds. The largest absolute Gasteiger partial charge is 0.504 e. The van der Waals surface area contributed by atoms with E-state index in [0.29, 0.717) is 5.75 Å². The molecule has 1 aliphatic heterocycles. The summed E-state index contributed by atoms with van der Waals surface area (Å²) in [6.07, 6.45) is 0. The molecule has 6 rings (SSSR count). The second-order valence-electron chi connectivity index (χ2n) is 8.06. The third-order valence-corrected chi connectivity index (χ3v) is 6.41. The SMILES string of the molecule is COc1ccc(-c2c3c(O)c(OC)ccc3c3ccc4cc5c(cc4c3[n+]2C)OCO5)cc1. The normalized spacial score (nSPS) is 12.6. The first-order valence-electron chi connectivity index (χ1n) is 10.6. The number of fused-ring (bicyclic) bond motifs is 6. The van der Waals surface area contributed by atoms with Crippen LogP contribution < -0.4 is 23.5 Å². The van der Waals surface area contributed by atoms with Crippen molar-refractivity contribution in [2.45, 2.75) is 0 Å². The van der Waals surface area contributed by atoms with Gasteiger partial charge in [-0.3, -0.25) is 0 Å². The molecule has 0 saturated heterocycles. The van der Waals surface area contributed by atoms with Crippen LogP contribution in [-0.2, 0) is 7.05 Å². The number of aryl methyl sites for hydroxylation is 1. The molecule has 0 bridgehead atoms. The molecular formula is C27H22NO5+. The van der Waals surface area contributed by atoms with Crippen molar-refractivity contribution in [3.8, 4) is 40.0 Å². The number of hydrogen-bond donors (Lipinski definition) is 1. The average molecular weight is 440 g/mol. The zero-order valence-corrected chi connectivity index (χ0v) is 18.5. The molecule has 4 aromatic carbocycles. The van der Waals surface area contributed by atoms with Crippen molar-refractivity contribution in [2.24, 2.45) is 7.05 Å². The molecule has 1 aromatic heterocycles. The van der Waals surface area contributed by atoms with Crippen molar-refractivity contribution in [3.63, 3.8) is 0 Å². The molecule has 0 atom stereocenters. The van der Waals surface area contributed by atoms with Gasteiger partial charge in [-0.2, -0.15) is 4.57 Å². The summed E-state index contributed by atoms with van der Waals surface area (Å²) in [7, 11) is 5.23. The van der Waals surface area contributed by atoms with Crippen LogP contribution in [0, 0.1) is 0 Å². The number of phenols is 1. The van der Waals surface area contributed by atoms with Crippen molar-refractivity contribution in [2.75, 3.05) is 21.0 Å². The molecule has 6 nitrogen and oxygen atoms in total. The van der Waals surface area contributed by atoms with Crippen LogP contribution in [0.25, 0.3) is 43.7 Å². The van der Waals surface area contributed by atoms with Crippen molar-refractivity contribution >= 4 is 32.4 Å². The van der Waals surface area contributed by atoms with Crippen LogP contribution in [0.5, 0.6) is 28.7 Å². The fourth-order valence-corrected chi connectivity index (χ4v) is 4.84. The lowest BCUT2D eigenvalue weighted by molar-refractivity contribution is -0.631. The van der Waals surface area contributed by atoms with Gasteiger partial charge in [-0.1, -0.05) is 6.07 Å². The van der Waals surface area contributed by atoms with Gasteiger partial charge in [0, 0.05) is 10.9 Å². The zero-order chi connectivity index (χ0) is 22.7. The van der Waals surface area contributed by atoms with Gasteiger partial charge < -0.3 is 24.1 Å². The molecule has 164 valence electrons. The molecule has 1 N–H and O–H groups in total. The Kier molecular flexibility index (Phi) is 4.23. The fraction of sp³-hybridized carbons (Fsp3) is 0.148. The van der Waals surface area contributed by atoms with Crippen LogP contribution in [0.1, 0.15) is 0 Å². The number of pyridine rings is 1. The minimum absolute atomic E-state index is 0.115. The second kappa shape index (κ2) is 7.17. The molecule has 0 radical (unpaired) electrons. The molecule has 33 heavy (non-hydrogen) atoms. The molecular weight excluding hydrogens is 418 g/mol. The summed E-state index contributed by atoms with van der Waals surface area (Å²) >= 11 is 0. The van der Waals surface area contributed by atoms with Gasteiger partial charge >= 0.3 is 0 Å². The topological polar surface area (TPSA) is 61.0 Å². The quantitative estimate of drug-likeness (QED) is 0.313. The maximum absolute atomic E-state index is 11.2. The van der Waals surface area contributed by atoms with E-state index >= 15 is 0 Å². The van der Waals surface area contributed by atoms with E-state index in [2.05, 4.69) is 16.7 Å². The monoisotopic (exact) mass is 440 g/mol. The van der Waals surface area contributed by atoms with Gasteiger partial charge in [0.1, 0.15) is 18.2 Å². The van der Waals surface area contributed by atoms with Crippen LogP contribution in [0.4, 0.5) is 0 Å². The molecule has 0 unspecified atom stereocenters. The van der Waals surface area contributed by atoms with Gasteiger partial charge in [-0.05, 0) is 60.0 Å². The molecule has 0 aliphatic carbocycles. The lowest BCUT2D eigenvalue weighted by Crippen LogP contribution is -2.32. The van der Waals surface area contributed by atoms with Crippen LogP contribution >= 0.6 is 0 Å². The highest BCUT2D eigenvalue weighted by molar-refractivity contribution is 6.18. The van der Waals surface area contributed by atoms with Gasteiger partial charge in [0.15, 0.2) is 23.0 Å². The maximum Gasteiger partial charge on any atom is 0.231 e. The fourth-order valence-electron chi connectivity index (χ4n) is 4.84. The number of benzene rings is 4. The van der Waals surface area contributed by atoms with Crippen LogP contribution in [-0.4, -0.2) is 26.1 Å². The van der Waals surface area contributed by atoms with E-state index in [9.17, 15) is 5.11 Å². The van der Waals surface area contributed by atoms with Crippen LogP contribution in [0.2, 0.25) is 0 Å².